The van der Waals surface area contributed by atoms with Gasteiger partial charge in [-0.2, -0.15) is 5.10 Å². The number of likely N-dealkylation sites (tertiary alicyclic amines) is 1. The molecule has 1 saturated heterocycles. The molecule has 0 aromatic carbocycles. The number of pyridine rings is 1. The van der Waals surface area contributed by atoms with Gasteiger partial charge in [0, 0.05) is 19.3 Å². The summed E-state index contributed by atoms with van der Waals surface area (Å²) in [4.78, 5) is 22.3. The molecule has 0 bridgehead atoms. The zero-order chi connectivity index (χ0) is 13.1. The first-order chi connectivity index (χ1) is 9.34. The van der Waals surface area contributed by atoms with Gasteiger partial charge in [0.05, 0.1) is 5.56 Å². The molecule has 2 aromatic rings. The van der Waals surface area contributed by atoms with Crippen molar-refractivity contribution < 1.29 is 4.79 Å². The molecule has 6 nitrogen and oxygen atoms in total. The first-order valence-corrected chi connectivity index (χ1v) is 6.45. The van der Waals surface area contributed by atoms with Gasteiger partial charge in [-0.3, -0.25) is 4.79 Å². The average Bonchev–Trinajstić information content (AvgIpc) is 3.02. The maximum atomic E-state index is 12.2. The minimum Gasteiger partial charge on any atom is -0.339 e. The highest BCUT2D eigenvalue weighted by Gasteiger charge is 2.18. The van der Waals surface area contributed by atoms with E-state index in [1.54, 1.807) is 29.3 Å². The number of hydrogen-bond acceptors (Lipinski definition) is 4. The highest BCUT2D eigenvalue weighted by atomic mass is 16.2. The topological polar surface area (TPSA) is 63.9 Å². The highest BCUT2D eigenvalue weighted by molar-refractivity contribution is 5.94. The summed E-state index contributed by atoms with van der Waals surface area (Å²) in [6, 6.07) is 3.58. The molecule has 6 heteroatoms. The van der Waals surface area contributed by atoms with Gasteiger partial charge in [0.1, 0.15) is 12.7 Å². The Kier molecular flexibility index (Phi) is 3.22. The molecule has 3 rings (SSSR count). The molecule has 98 valence electrons. The lowest BCUT2D eigenvalue weighted by molar-refractivity contribution is 0.0724. The van der Waals surface area contributed by atoms with Crippen LogP contribution < -0.4 is 0 Å². The first-order valence-electron chi connectivity index (χ1n) is 6.45. The molecule has 0 radical (unpaired) electrons. The monoisotopic (exact) mass is 257 g/mol. The third-order valence-corrected chi connectivity index (χ3v) is 3.29. The largest absolute Gasteiger partial charge is 0.339 e. The maximum absolute atomic E-state index is 12.2. The maximum Gasteiger partial charge on any atom is 0.255 e. The zero-order valence-corrected chi connectivity index (χ0v) is 10.6. The lowest BCUT2D eigenvalue weighted by Crippen LogP contribution is -2.35. The Morgan fingerprint density at radius 1 is 1.16 bits per heavy atom. The minimum atomic E-state index is 0.0670. The molecule has 3 heterocycles. The van der Waals surface area contributed by atoms with E-state index in [-0.39, 0.29) is 5.91 Å². The first kappa shape index (κ1) is 11.8. The molecule has 1 amide bonds. The van der Waals surface area contributed by atoms with Crippen molar-refractivity contribution in [2.45, 2.75) is 19.3 Å². The number of carbonyl (C=O) groups is 1. The summed E-state index contributed by atoms with van der Waals surface area (Å²) in [5, 5.41) is 4.00. The van der Waals surface area contributed by atoms with E-state index >= 15 is 0 Å². The van der Waals surface area contributed by atoms with Crippen molar-refractivity contribution in [3.8, 4) is 5.82 Å². The molecule has 2 aromatic heterocycles. The Bertz CT molecular complexity index is 543. The van der Waals surface area contributed by atoms with Crippen LogP contribution in [0.25, 0.3) is 5.82 Å². The third kappa shape index (κ3) is 2.47. The van der Waals surface area contributed by atoms with E-state index in [9.17, 15) is 4.79 Å². The molecule has 0 atom stereocenters. The third-order valence-electron chi connectivity index (χ3n) is 3.29. The molecule has 0 spiro atoms. The average molecular weight is 257 g/mol. The lowest BCUT2D eigenvalue weighted by atomic mass is 10.1. The van der Waals surface area contributed by atoms with Crippen LogP contribution in [0.1, 0.15) is 29.6 Å². The van der Waals surface area contributed by atoms with Gasteiger partial charge < -0.3 is 4.90 Å². The number of hydrogen-bond donors (Lipinski definition) is 0. The van der Waals surface area contributed by atoms with Crippen molar-refractivity contribution >= 4 is 5.91 Å². The molecular weight excluding hydrogens is 242 g/mol. The quantitative estimate of drug-likeness (QED) is 0.813. The van der Waals surface area contributed by atoms with Gasteiger partial charge in [-0.05, 0) is 31.4 Å². The van der Waals surface area contributed by atoms with Crippen molar-refractivity contribution in [1.82, 2.24) is 24.6 Å². The second-order valence-electron chi connectivity index (χ2n) is 4.60. The van der Waals surface area contributed by atoms with Crippen molar-refractivity contribution in [3.05, 3.63) is 36.5 Å². The molecule has 0 saturated carbocycles. The molecule has 0 unspecified atom stereocenters. The second kappa shape index (κ2) is 5.17. The Labute approximate surface area is 111 Å². The van der Waals surface area contributed by atoms with Gasteiger partial charge in [-0.15, -0.1) is 0 Å². The second-order valence-corrected chi connectivity index (χ2v) is 4.60. The fourth-order valence-corrected chi connectivity index (χ4v) is 2.25. The Morgan fingerprint density at radius 3 is 2.63 bits per heavy atom. The summed E-state index contributed by atoms with van der Waals surface area (Å²) in [5.74, 6) is 0.727. The van der Waals surface area contributed by atoms with Crippen LogP contribution in [-0.4, -0.2) is 43.6 Å². The number of aromatic nitrogens is 4. The lowest BCUT2D eigenvalue weighted by Gasteiger charge is -2.26. The van der Waals surface area contributed by atoms with E-state index in [4.69, 9.17) is 0 Å². The number of carbonyl (C=O) groups excluding carboxylic acids is 1. The highest BCUT2D eigenvalue weighted by Crippen LogP contribution is 2.13. The van der Waals surface area contributed by atoms with E-state index in [1.165, 1.54) is 12.7 Å². The van der Waals surface area contributed by atoms with Gasteiger partial charge in [0.2, 0.25) is 0 Å². The van der Waals surface area contributed by atoms with Crippen LogP contribution in [0.15, 0.2) is 31.0 Å². The van der Waals surface area contributed by atoms with Gasteiger partial charge in [-0.25, -0.2) is 14.6 Å². The van der Waals surface area contributed by atoms with Crippen LogP contribution in [0.2, 0.25) is 0 Å². The number of rotatable bonds is 2. The van der Waals surface area contributed by atoms with E-state index in [1.807, 2.05) is 4.90 Å². The SMILES string of the molecule is O=C(c1ccc(-n2cncn2)nc1)N1CCCCC1. The van der Waals surface area contributed by atoms with Crippen molar-refractivity contribution in [2.24, 2.45) is 0 Å². The summed E-state index contributed by atoms with van der Waals surface area (Å²) >= 11 is 0. The van der Waals surface area contributed by atoms with Gasteiger partial charge in [-0.1, -0.05) is 0 Å². The number of nitrogens with zero attached hydrogens (tertiary/aromatic N) is 5. The van der Waals surface area contributed by atoms with Crippen LogP contribution in [0.4, 0.5) is 0 Å². The van der Waals surface area contributed by atoms with Gasteiger partial charge in [0.25, 0.3) is 5.91 Å². The summed E-state index contributed by atoms with van der Waals surface area (Å²) < 4.78 is 1.56. The van der Waals surface area contributed by atoms with Crippen LogP contribution in [0.5, 0.6) is 0 Å². The summed E-state index contributed by atoms with van der Waals surface area (Å²) in [7, 11) is 0. The van der Waals surface area contributed by atoms with Crippen LogP contribution in [-0.2, 0) is 0 Å². The fraction of sp³-hybridized carbons (Fsp3) is 0.385. The molecular formula is C13H15N5O. The predicted octanol–water partition coefficient (Wildman–Crippen LogP) is 1.29. The number of piperidine rings is 1. The molecule has 1 fully saturated rings. The van der Waals surface area contributed by atoms with E-state index in [0.29, 0.717) is 11.4 Å². The summed E-state index contributed by atoms with van der Waals surface area (Å²) in [5.41, 5.74) is 0.630. The van der Waals surface area contributed by atoms with Crippen LogP contribution in [0.3, 0.4) is 0 Å². The van der Waals surface area contributed by atoms with E-state index < -0.39 is 0 Å². The Hall–Kier alpha value is -2.24. The predicted molar refractivity (Wildman–Crippen MR) is 68.9 cm³/mol. The normalized spacial score (nSPS) is 15.5. The summed E-state index contributed by atoms with van der Waals surface area (Å²) in [6.07, 6.45) is 8.04. The van der Waals surface area contributed by atoms with Gasteiger partial charge >= 0.3 is 0 Å². The molecule has 1 aliphatic rings. The molecule has 0 N–H and O–H groups in total. The van der Waals surface area contributed by atoms with E-state index in [0.717, 1.165) is 25.9 Å². The number of amides is 1. The van der Waals surface area contributed by atoms with Gasteiger partial charge in [0.15, 0.2) is 5.82 Å². The van der Waals surface area contributed by atoms with E-state index in [2.05, 4.69) is 15.1 Å². The smallest absolute Gasteiger partial charge is 0.255 e. The fourth-order valence-electron chi connectivity index (χ4n) is 2.25. The van der Waals surface area contributed by atoms with Crippen molar-refractivity contribution in [1.29, 1.82) is 0 Å². The zero-order valence-electron chi connectivity index (χ0n) is 10.6. The Balaban J connectivity index is 1.76. The molecule has 0 aliphatic carbocycles. The summed E-state index contributed by atoms with van der Waals surface area (Å²) in [6.45, 7) is 1.70. The van der Waals surface area contributed by atoms with Crippen molar-refractivity contribution in [3.63, 3.8) is 0 Å². The molecule has 19 heavy (non-hydrogen) atoms. The van der Waals surface area contributed by atoms with Crippen LogP contribution in [0, 0.1) is 0 Å². The van der Waals surface area contributed by atoms with Crippen LogP contribution >= 0.6 is 0 Å². The Morgan fingerprint density at radius 2 is 2.00 bits per heavy atom. The molecule has 1 aliphatic heterocycles. The minimum absolute atomic E-state index is 0.0670. The van der Waals surface area contributed by atoms with Crippen molar-refractivity contribution in [2.75, 3.05) is 13.1 Å². The standard InChI is InChI=1S/C13H15N5O/c19-13(17-6-2-1-3-7-17)11-4-5-12(15-8-11)18-10-14-9-16-18/h4-5,8-10H,1-3,6-7H2.